The van der Waals surface area contributed by atoms with E-state index in [0.717, 1.165) is 23.7 Å². The maximum absolute atomic E-state index is 13.5. The Hall–Kier alpha value is -2.08. The molecule has 0 saturated heterocycles. The summed E-state index contributed by atoms with van der Waals surface area (Å²) in [6, 6.07) is 0. The van der Waals surface area contributed by atoms with Gasteiger partial charge in [-0.3, -0.25) is 4.79 Å². The first-order valence-corrected chi connectivity index (χ1v) is 10.4. The van der Waals surface area contributed by atoms with Crippen LogP contribution in [0.1, 0.15) is 52.4 Å². The molecule has 0 amide bonds. The van der Waals surface area contributed by atoms with Gasteiger partial charge in [0.1, 0.15) is 25.0 Å². The van der Waals surface area contributed by atoms with Gasteiger partial charge in [-0.25, -0.2) is 4.79 Å². The van der Waals surface area contributed by atoms with Gasteiger partial charge in [0.25, 0.3) is 0 Å². The standard InChI is InChI=1S/C23H28O6/c1-21(8-10-25)15(6-9-24)3-4-17-20(21)18(26)12-22(2)16(5-7-23(17,22)28)14-11-19(27)29-13-14/h5,9-11,15,17,20,28H,3-4,6-8,12-13H2,1-2H3/t15-,17-,20-,21+,22-,23+/m1/s1. The van der Waals surface area contributed by atoms with Gasteiger partial charge in [0.05, 0.1) is 5.60 Å². The molecule has 0 spiro atoms. The third kappa shape index (κ3) is 2.64. The molecule has 1 heterocycles. The van der Waals surface area contributed by atoms with Crippen molar-refractivity contribution in [2.45, 2.75) is 58.0 Å². The molecule has 0 aromatic carbocycles. The minimum absolute atomic E-state index is 0.0410. The molecule has 1 aliphatic heterocycles. The van der Waals surface area contributed by atoms with Crippen LogP contribution in [0.2, 0.25) is 0 Å². The van der Waals surface area contributed by atoms with Crippen molar-refractivity contribution >= 4 is 24.3 Å². The molecule has 0 aromatic rings. The number of hydrogen-bond acceptors (Lipinski definition) is 6. The average molecular weight is 400 g/mol. The Labute approximate surface area is 170 Å². The number of aldehydes is 2. The fourth-order valence-electron chi connectivity index (χ4n) is 6.90. The number of carbonyl (C=O) groups excluding carboxylic acids is 4. The third-order valence-corrected chi connectivity index (χ3v) is 8.44. The van der Waals surface area contributed by atoms with E-state index in [-0.39, 0.29) is 37.1 Å². The van der Waals surface area contributed by atoms with Crippen LogP contribution in [-0.2, 0) is 23.9 Å². The van der Waals surface area contributed by atoms with Crippen LogP contribution in [0.15, 0.2) is 23.3 Å². The second kappa shape index (κ2) is 6.73. The van der Waals surface area contributed by atoms with Crippen LogP contribution in [0.25, 0.3) is 0 Å². The van der Waals surface area contributed by atoms with E-state index in [1.807, 2.05) is 19.9 Å². The maximum Gasteiger partial charge on any atom is 0.331 e. The predicted octanol–water partition coefficient (Wildman–Crippen LogP) is 2.34. The molecular weight excluding hydrogens is 372 g/mol. The van der Waals surface area contributed by atoms with Crippen molar-refractivity contribution in [1.29, 1.82) is 0 Å². The van der Waals surface area contributed by atoms with Crippen molar-refractivity contribution in [3.63, 3.8) is 0 Å². The zero-order valence-electron chi connectivity index (χ0n) is 17.0. The molecule has 0 aromatic heterocycles. The van der Waals surface area contributed by atoms with E-state index < -0.39 is 28.3 Å². The van der Waals surface area contributed by atoms with Crippen molar-refractivity contribution in [1.82, 2.24) is 0 Å². The second-order valence-corrected chi connectivity index (χ2v) is 9.64. The van der Waals surface area contributed by atoms with Gasteiger partial charge in [0.15, 0.2) is 0 Å². The van der Waals surface area contributed by atoms with Gasteiger partial charge >= 0.3 is 5.97 Å². The highest BCUT2D eigenvalue weighted by molar-refractivity contribution is 5.89. The van der Waals surface area contributed by atoms with Gasteiger partial charge in [-0.1, -0.05) is 19.9 Å². The quantitative estimate of drug-likeness (QED) is 0.562. The van der Waals surface area contributed by atoms with Crippen LogP contribution in [0.5, 0.6) is 0 Å². The molecule has 6 atom stereocenters. The first-order valence-electron chi connectivity index (χ1n) is 10.4. The molecule has 4 rings (SSSR count). The van der Waals surface area contributed by atoms with E-state index in [2.05, 4.69) is 0 Å². The van der Waals surface area contributed by atoms with Gasteiger partial charge in [0.2, 0.25) is 0 Å². The highest BCUT2D eigenvalue weighted by Gasteiger charge is 2.67. The summed E-state index contributed by atoms with van der Waals surface area (Å²) in [5.41, 5.74) is -0.961. The number of cyclic esters (lactones) is 1. The zero-order valence-corrected chi connectivity index (χ0v) is 17.0. The van der Waals surface area contributed by atoms with Gasteiger partial charge in [-0.05, 0) is 42.1 Å². The Kier molecular flexibility index (Phi) is 4.69. The predicted molar refractivity (Wildman–Crippen MR) is 104 cm³/mol. The first kappa shape index (κ1) is 20.2. The topological polar surface area (TPSA) is 97.7 Å². The van der Waals surface area contributed by atoms with Crippen molar-refractivity contribution in [3.8, 4) is 0 Å². The molecule has 6 heteroatoms. The minimum Gasteiger partial charge on any atom is -0.458 e. The summed E-state index contributed by atoms with van der Waals surface area (Å²) in [5.74, 6) is -1.13. The van der Waals surface area contributed by atoms with Crippen molar-refractivity contribution in [2.24, 2.45) is 28.6 Å². The number of hydrogen-bond donors (Lipinski definition) is 1. The van der Waals surface area contributed by atoms with Crippen molar-refractivity contribution in [2.75, 3.05) is 6.61 Å². The lowest BCUT2D eigenvalue weighted by atomic mass is 9.44. The van der Waals surface area contributed by atoms with Crippen LogP contribution in [-0.4, -0.2) is 41.6 Å². The fourth-order valence-corrected chi connectivity index (χ4v) is 6.90. The fraction of sp³-hybridized carbons (Fsp3) is 0.652. The number of ether oxygens (including phenoxy) is 1. The van der Waals surface area contributed by atoms with E-state index in [1.54, 1.807) is 0 Å². The molecule has 0 unspecified atom stereocenters. The van der Waals surface area contributed by atoms with E-state index >= 15 is 0 Å². The van der Waals surface area contributed by atoms with Gasteiger partial charge in [0, 0.05) is 42.2 Å². The summed E-state index contributed by atoms with van der Waals surface area (Å²) in [6.45, 7) is 4.02. The minimum atomic E-state index is -1.12. The number of esters is 1. The summed E-state index contributed by atoms with van der Waals surface area (Å²) in [6.07, 6.45) is 7.58. The summed E-state index contributed by atoms with van der Waals surface area (Å²) >= 11 is 0. The van der Waals surface area contributed by atoms with Crippen LogP contribution in [0.4, 0.5) is 0 Å². The van der Waals surface area contributed by atoms with E-state index in [9.17, 15) is 24.3 Å². The molecule has 0 bridgehead atoms. The van der Waals surface area contributed by atoms with Gasteiger partial charge in [-0.15, -0.1) is 0 Å². The lowest BCUT2D eigenvalue weighted by Crippen LogP contribution is -2.64. The van der Waals surface area contributed by atoms with Crippen molar-refractivity contribution < 1.29 is 29.0 Å². The molecule has 4 aliphatic rings. The van der Waals surface area contributed by atoms with Crippen molar-refractivity contribution in [3.05, 3.63) is 23.3 Å². The van der Waals surface area contributed by atoms with Crippen LogP contribution in [0.3, 0.4) is 0 Å². The molecule has 29 heavy (non-hydrogen) atoms. The van der Waals surface area contributed by atoms with E-state index in [0.29, 0.717) is 25.7 Å². The highest BCUT2D eigenvalue weighted by Crippen LogP contribution is 2.66. The first-order chi connectivity index (χ1) is 13.7. The van der Waals surface area contributed by atoms with Gasteiger partial charge < -0.3 is 19.4 Å². The zero-order chi connectivity index (χ0) is 21.0. The van der Waals surface area contributed by atoms with Crippen LogP contribution in [0, 0.1) is 28.6 Å². The second-order valence-electron chi connectivity index (χ2n) is 9.64. The number of fused-ring (bicyclic) bond motifs is 3. The summed E-state index contributed by atoms with van der Waals surface area (Å²) in [4.78, 5) is 47.9. The number of aliphatic hydroxyl groups is 1. The molecule has 1 N–H and O–H groups in total. The molecule has 2 saturated carbocycles. The van der Waals surface area contributed by atoms with E-state index in [4.69, 9.17) is 4.74 Å². The Morgan fingerprint density at radius 3 is 2.59 bits per heavy atom. The Morgan fingerprint density at radius 2 is 1.97 bits per heavy atom. The molecule has 6 nitrogen and oxygen atoms in total. The Morgan fingerprint density at radius 1 is 1.21 bits per heavy atom. The SMILES string of the molecule is C[C@]1(CC=O)[C@@H](CC=O)CC[C@@H]2[C@@H]1C(=O)C[C@]1(C)C(C3=CC(=O)OC3)=CC[C@]21O. The summed E-state index contributed by atoms with van der Waals surface area (Å²) < 4.78 is 5.06. The van der Waals surface area contributed by atoms with Crippen LogP contribution < -0.4 is 0 Å². The number of carbonyl (C=O) groups is 4. The van der Waals surface area contributed by atoms with Gasteiger partial charge in [-0.2, -0.15) is 0 Å². The number of Topliss-reactive ketones (excluding diaryl/α,β-unsaturated/α-hetero) is 1. The number of ketones is 1. The third-order valence-electron chi connectivity index (χ3n) is 8.44. The summed E-state index contributed by atoms with van der Waals surface area (Å²) in [7, 11) is 0. The Balaban J connectivity index is 1.75. The maximum atomic E-state index is 13.5. The van der Waals surface area contributed by atoms with Crippen LogP contribution >= 0.6 is 0 Å². The average Bonchev–Trinajstić information content (AvgIpc) is 3.18. The molecular formula is C23H28O6. The molecule has 156 valence electrons. The van der Waals surface area contributed by atoms with E-state index in [1.165, 1.54) is 6.08 Å². The summed E-state index contributed by atoms with van der Waals surface area (Å²) in [5, 5.41) is 12.0. The molecule has 0 radical (unpaired) electrons. The Bertz CT molecular complexity index is 840. The normalized spacial score (nSPS) is 43.8. The lowest BCUT2D eigenvalue weighted by Gasteiger charge is -2.60. The molecule has 3 aliphatic carbocycles. The monoisotopic (exact) mass is 400 g/mol. The lowest BCUT2D eigenvalue weighted by molar-refractivity contribution is -0.191. The number of rotatable bonds is 5. The highest BCUT2D eigenvalue weighted by atomic mass is 16.5. The largest absolute Gasteiger partial charge is 0.458 e. The smallest absolute Gasteiger partial charge is 0.331 e. The molecule has 2 fully saturated rings.